The fraction of sp³-hybridized carbons (Fsp3) is 0.263. The molecule has 2 rings (SSSR count). The third-order valence-corrected chi connectivity index (χ3v) is 3.56. The number of alkyl halides is 3. The summed E-state index contributed by atoms with van der Waals surface area (Å²) in [6, 6.07) is 11.2. The molecule has 0 heterocycles. The summed E-state index contributed by atoms with van der Waals surface area (Å²) in [5, 5.41) is 2.47. The quantitative estimate of drug-likeness (QED) is 0.798. The normalized spacial score (nSPS) is 11.1. The Balaban J connectivity index is 1.82. The van der Waals surface area contributed by atoms with Gasteiger partial charge in [-0.15, -0.1) is 0 Å². The van der Waals surface area contributed by atoms with Crippen molar-refractivity contribution in [3.05, 3.63) is 59.7 Å². The Labute approximate surface area is 149 Å². The van der Waals surface area contributed by atoms with Gasteiger partial charge in [0, 0.05) is 12.1 Å². The van der Waals surface area contributed by atoms with Gasteiger partial charge in [0.2, 0.25) is 0 Å². The minimum atomic E-state index is -4.41. The predicted octanol–water partition coefficient (Wildman–Crippen LogP) is 4.24. The van der Waals surface area contributed by atoms with Crippen LogP contribution in [0.1, 0.15) is 24.5 Å². The molecule has 0 radical (unpaired) electrons. The number of carbonyl (C=O) groups is 2. The Morgan fingerprint density at radius 2 is 1.62 bits per heavy atom. The van der Waals surface area contributed by atoms with Gasteiger partial charge in [0.15, 0.2) is 6.61 Å². The molecule has 0 aliphatic rings. The minimum absolute atomic E-state index is 0.116. The number of ether oxygens (including phenoxy) is 1. The van der Waals surface area contributed by atoms with Gasteiger partial charge in [-0.2, -0.15) is 13.2 Å². The van der Waals surface area contributed by atoms with Gasteiger partial charge in [0.05, 0.1) is 5.56 Å². The van der Waals surface area contributed by atoms with Crippen molar-refractivity contribution in [1.29, 1.82) is 0 Å². The van der Waals surface area contributed by atoms with E-state index >= 15 is 0 Å². The van der Waals surface area contributed by atoms with Gasteiger partial charge < -0.3 is 14.8 Å². The molecule has 0 spiro atoms. The van der Waals surface area contributed by atoms with Crippen molar-refractivity contribution in [2.45, 2.75) is 25.9 Å². The first kappa shape index (κ1) is 19.5. The molecule has 26 heavy (non-hydrogen) atoms. The second-order valence-electron chi connectivity index (χ2n) is 5.76. The Hall–Kier alpha value is -2.83. The topological polar surface area (TPSA) is 55.4 Å². The summed E-state index contributed by atoms with van der Waals surface area (Å²) in [4.78, 5) is 22.8. The number of nitrogens with one attached hydrogen (secondary N) is 1. The summed E-state index contributed by atoms with van der Waals surface area (Å²) in [5.74, 6) is 0.120. The van der Waals surface area contributed by atoms with Crippen LogP contribution >= 0.6 is 0 Å². The maximum Gasteiger partial charge on any atom is 0.416 e. The monoisotopic (exact) mass is 365 g/mol. The summed E-state index contributed by atoms with van der Waals surface area (Å²) in [7, 11) is 0. The van der Waals surface area contributed by atoms with Crippen LogP contribution in [0.3, 0.4) is 0 Å². The molecule has 0 saturated carbocycles. The lowest BCUT2D eigenvalue weighted by atomic mass is 10.1. The molecule has 4 nitrogen and oxygen atoms in total. The highest BCUT2D eigenvalue weighted by atomic mass is 19.4. The van der Waals surface area contributed by atoms with Crippen LogP contribution in [-0.4, -0.2) is 18.3 Å². The molecule has 0 bridgehead atoms. The molecule has 7 heteroatoms. The highest BCUT2D eigenvalue weighted by Crippen LogP contribution is 2.29. The van der Waals surface area contributed by atoms with Crippen molar-refractivity contribution in [3.8, 4) is 5.75 Å². The first-order valence-electron chi connectivity index (χ1n) is 7.92. The van der Waals surface area contributed by atoms with Crippen LogP contribution in [0, 0.1) is 0 Å². The number of anilines is 1. The number of ketones is 1. The maximum atomic E-state index is 12.5. The second kappa shape index (κ2) is 8.51. The zero-order chi connectivity index (χ0) is 19.2. The van der Waals surface area contributed by atoms with Gasteiger partial charge in [-0.1, -0.05) is 12.1 Å². The number of aryl methyl sites for hydroxylation is 1. The van der Waals surface area contributed by atoms with Crippen LogP contribution < -0.4 is 10.1 Å². The Kier molecular flexibility index (Phi) is 6.38. The van der Waals surface area contributed by atoms with Gasteiger partial charge in [-0.05, 0) is 55.3 Å². The fourth-order valence-corrected chi connectivity index (χ4v) is 2.16. The zero-order valence-electron chi connectivity index (χ0n) is 14.1. The molecule has 2 aromatic rings. The molecular formula is C19H18F3NO3. The SMILES string of the molecule is CC(=O)CCc1ccc(OCC(=O)Nc2ccc(C(F)(F)F)cc2)cc1. The highest BCUT2D eigenvalue weighted by molar-refractivity contribution is 5.91. The third-order valence-electron chi connectivity index (χ3n) is 3.56. The molecule has 1 amide bonds. The molecule has 0 fully saturated rings. The predicted molar refractivity (Wildman–Crippen MR) is 91.0 cm³/mol. The molecule has 0 aromatic heterocycles. The van der Waals surface area contributed by atoms with E-state index in [1.54, 1.807) is 12.1 Å². The molecular weight excluding hydrogens is 347 g/mol. The number of benzene rings is 2. The van der Waals surface area contributed by atoms with E-state index in [-0.39, 0.29) is 18.1 Å². The summed E-state index contributed by atoms with van der Waals surface area (Å²) in [6.07, 6.45) is -3.30. The van der Waals surface area contributed by atoms with Crippen molar-refractivity contribution < 1.29 is 27.5 Å². The van der Waals surface area contributed by atoms with Crippen LogP contribution in [0.25, 0.3) is 0 Å². The van der Waals surface area contributed by atoms with E-state index in [1.807, 2.05) is 12.1 Å². The van der Waals surface area contributed by atoms with E-state index in [9.17, 15) is 22.8 Å². The zero-order valence-corrected chi connectivity index (χ0v) is 14.1. The van der Waals surface area contributed by atoms with Crippen molar-refractivity contribution in [1.82, 2.24) is 0 Å². The van der Waals surface area contributed by atoms with Crippen LogP contribution in [-0.2, 0) is 22.2 Å². The van der Waals surface area contributed by atoms with Crippen molar-refractivity contribution in [2.75, 3.05) is 11.9 Å². The number of amides is 1. The summed E-state index contributed by atoms with van der Waals surface area (Å²) < 4.78 is 42.8. The van der Waals surface area contributed by atoms with Crippen LogP contribution in [0.15, 0.2) is 48.5 Å². The fourth-order valence-electron chi connectivity index (χ4n) is 2.16. The highest BCUT2D eigenvalue weighted by Gasteiger charge is 2.29. The average Bonchev–Trinajstić information content (AvgIpc) is 2.58. The van der Waals surface area contributed by atoms with Gasteiger partial charge >= 0.3 is 6.18 Å². The summed E-state index contributed by atoms with van der Waals surface area (Å²) in [6.45, 7) is 1.26. The number of hydrogen-bond donors (Lipinski definition) is 1. The third kappa shape index (κ3) is 6.23. The molecule has 0 aliphatic heterocycles. The van der Waals surface area contributed by atoms with E-state index in [2.05, 4.69) is 5.32 Å². The van der Waals surface area contributed by atoms with E-state index in [1.165, 1.54) is 19.1 Å². The Morgan fingerprint density at radius 1 is 1.00 bits per heavy atom. The summed E-state index contributed by atoms with van der Waals surface area (Å²) >= 11 is 0. The smallest absolute Gasteiger partial charge is 0.416 e. The van der Waals surface area contributed by atoms with Crippen LogP contribution in [0.5, 0.6) is 5.75 Å². The number of carbonyl (C=O) groups excluding carboxylic acids is 2. The number of Topliss-reactive ketones (excluding diaryl/α,β-unsaturated/α-hetero) is 1. The van der Waals surface area contributed by atoms with Crippen molar-refractivity contribution in [3.63, 3.8) is 0 Å². The first-order valence-corrected chi connectivity index (χ1v) is 7.92. The standard InChI is InChI=1S/C19H18F3NO3/c1-13(24)2-3-14-4-10-17(11-5-14)26-12-18(25)23-16-8-6-15(7-9-16)19(20,21)22/h4-11H,2-3,12H2,1H3,(H,23,25). The Bertz CT molecular complexity index is 753. The van der Waals surface area contributed by atoms with Gasteiger partial charge in [-0.3, -0.25) is 4.79 Å². The van der Waals surface area contributed by atoms with E-state index < -0.39 is 17.6 Å². The molecule has 0 atom stereocenters. The van der Waals surface area contributed by atoms with Crippen molar-refractivity contribution in [2.24, 2.45) is 0 Å². The molecule has 1 N–H and O–H groups in total. The Morgan fingerprint density at radius 3 is 2.15 bits per heavy atom. The van der Waals surface area contributed by atoms with Gasteiger partial charge in [-0.25, -0.2) is 0 Å². The van der Waals surface area contributed by atoms with Crippen molar-refractivity contribution >= 4 is 17.4 Å². The van der Waals surface area contributed by atoms with Gasteiger partial charge in [0.1, 0.15) is 11.5 Å². The molecule has 2 aromatic carbocycles. The molecule has 0 saturated heterocycles. The largest absolute Gasteiger partial charge is 0.484 e. The van der Waals surface area contributed by atoms with E-state index in [0.29, 0.717) is 18.6 Å². The molecule has 0 unspecified atom stereocenters. The van der Waals surface area contributed by atoms with Crippen LogP contribution in [0.4, 0.5) is 18.9 Å². The minimum Gasteiger partial charge on any atom is -0.484 e. The lowest BCUT2D eigenvalue weighted by Gasteiger charge is -2.10. The maximum absolute atomic E-state index is 12.5. The lowest BCUT2D eigenvalue weighted by Crippen LogP contribution is -2.20. The number of rotatable bonds is 7. The van der Waals surface area contributed by atoms with E-state index in [0.717, 1.165) is 17.7 Å². The van der Waals surface area contributed by atoms with Gasteiger partial charge in [0.25, 0.3) is 5.91 Å². The van der Waals surface area contributed by atoms with Crippen LogP contribution in [0.2, 0.25) is 0 Å². The summed E-state index contributed by atoms with van der Waals surface area (Å²) in [5.41, 5.74) is 0.463. The number of halogens is 3. The molecule has 0 aliphatic carbocycles. The second-order valence-corrected chi connectivity index (χ2v) is 5.76. The number of hydrogen-bond acceptors (Lipinski definition) is 3. The molecule has 138 valence electrons. The van der Waals surface area contributed by atoms with E-state index in [4.69, 9.17) is 4.74 Å². The lowest BCUT2D eigenvalue weighted by molar-refractivity contribution is -0.137. The average molecular weight is 365 g/mol. The first-order chi connectivity index (χ1) is 12.2.